The normalized spacial score (nSPS) is 12.6. The largest absolute Gasteiger partial charge is 0.392 e. The Morgan fingerprint density at radius 3 is 2.94 bits per heavy atom. The molecule has 0 saturated carbocycles. The Bertz CT molecular complexity index is 461. The fourth-order valence-corrected chi connectivity index (χ4v) is 3.55. The van der Waals surface area contributed by atoms with Crippen molar-refractivity contribution in [2.75, 3.05) is 5.75 Å². The third kappa shape index (κ3) is 4.10. The predicted molar refractivity (Wildman–Crippen MR) is 76.7 cm³/mol. The van der Waals surface area contributed by atoms with Crippen LogP contribution < -0.4 is 0 Å². The number of halogens is 1. The van der Waals surface area contributed by atoms with Crippen molar-refractivity contribution in [3.05, 3.63) is 45.3 Å². The van der Waals surface area contributed by atoms with E-state index in [9.17, 15) is 5.11 Å². The van der Waals surface area contributed by atoms with Gasteiger partial charge in [-0.15, -0.1) is 23.1 Å². The van der Waals surface area contributed by atoms with E-state index in [4.69, 9.17) is 0 Å². The second-order valence-corrected chi connectivity index (χ2v) is 6.45. The Hall–Kier alpha value is -0.360. The van der Waals surface area contributed by atoms with Crippen LogP contribution in [-0.4, -0.2) is 21.9 Å². The number of aromatic nitrogens is 1. The molecule has 1 atom stereocenters. The van der Waals surface area contributed by atoms with E-state index in [0.717, 1.165) is 14.2 Å². The van der Waals surface area contributed by atoms with Gasteiger partial charge < -0.3 is 5.11 Å². The Balaban J connectivity index is 1.84. The van der Waals surface area contributed by atoms with Gasteiger partial charge in [0.25, 0.3) is 0 Å². The van der Waals surface area contributed by atoms with Gasteiger partial charge in [-0.1, -0.05) is 12.1 Å². The zero-order valence-corrected chi connectivity index (χ0v) is 12.3. The van der Waals surface area contributed by atoms with Gasteiger partial charge in [0.2, 0.25) is 0 Å². The van der Waals surface area contributed by atoms with Crippen molar-refractivity contribution < 1.29 is 5.11 Å². The number of thioether (sulfide) groups is 1. The maximum Gasteiger partial charge on any atom is 0.0794 e. The summed E-state index contributed by atoms with van der Waals surface area (Å²) in [5.74, 6) is 0.695. The zero-order chi connectivity index (χ0) is 12.1. The number of hydrogen-bond acceptors (Lipinski definition) is 4. The molecule has 1 N–H and O–H groups in total. The molecule has 0 aliphatic heterocycles. The molecule has 0 radical (unpaired) electrons. The molecule has 0 aliphatic carbocycles. The molecule has 2 aromatic rings. The van der Waals surface area contributed by atoms with E-state index in [1.54, 1.807) is 28.6 Å². The molecule has 1 unspecified atom stereocenters. The number of benzene rings is 1. The summed E-state index contributed by atoms with van der Waals surface area (Å²) in [7, 11) is 0. The molecule has 17 heavy (non-hydrogen) atoms. The predicted octanol–water partition coefficient (Wildman–Crippen LogP) is 3.60. The van der Waals surface area contributed by atoms with Gasteiger partial charge in [-0.3, -0.25) is 4.98 Å². The number of thiazole rings is 1. The number of aliphatic hydroxyl groups is 1. The lowest BCUT2D eigenvalue weighted by Crippen LogP contribution is -2.12. The van der Waals surface area contributed by atoms with Gasteiger partial charge >= 0.3 is 0 Å². The molecular weight excluding hydrogens is 318 g/mol. The smallest absolute Gasteiger partial charge is 0.0794 e. The van der Waals surface area contributed by atoms with Crippen molar-refractivity contribution in [1.29, 1.82) is 0 Å². The number of hydrogen-bond donors (Lipinski definition) is 1. The minimum atomic E-state index is -0.326. The van der Waals surface area contributed by atoms with Gasteiger partial charge in [0, 0.05) is 32.6 Å². The molecule has 0 spiro atoms. The fourth-order valence-electron chi connectivity index (χ4n) is 1.38. The maximum absolute atomic E-state index is 9.92. The molecule has 0 fully saturated rings. The highest BCUT2D eigenvalue weighted by molar-refractivity contribution is 9.10. The fraction of sp³-hybridized carbons (Fsp3) is 0.250. The van der Waals surface area contributed by atoms with Crippen molar-refractivity contribution >= 4 is 39.0 Å². The lowest BCUT2D eigenvalue weighted by atomic mass is 10.3. The summed E-state index contributed by atoms with van der Waals surface area (Å²) in [4.78, 5) is 6.29. The quantitative estimate of drug-likeness (QED) is 0.851. The van der Waals surface area contributed by atoms with Crippen LogP contribution in [0.4, 0.5) is 0 Å². The minimum absolute atomic E-state index is 0.326. The lowest BCUT2D eigenvalue weighted by Gasteiger charge is -2.09. The summed E-state index contributed by atoms with van der Waals surface area (Å²) in [6, 6.07) is 8.05. The number of nitrogens with zero attached hydrogens (tertiary/aromatic N) is 1. The van der Waals surface area contributed by atoms with E-state index in [1.807, 2.05) is 30.5 Å². The van der Waals surface area contributed by atoms with Crippen LogP contribution in [0.25, 0.3) is 0 Å². The van der Waals surface area contributed by atoms with Gasteiger partial charge in [-0.05, 0) is 28.1 Å². The second-order valence-electron chi connectivity index (χ2n) is 3.57. The summed E-state index contributed by atoms with van der Waals surface area (Å²) >= 11 is 6.75. The first-order valence-electron chi connectivity index (χ1n) is 5.18. The van der Waals surface area contributed by atoms with Crippen molar-refractivity contribution in [1.82, 2.24) is 4.98 Å². The summed E-state index contributed by atoms with van der Waals surface area (Å²) < 4.78 is 1.08. The molecule has 1 heterocycles. The van der Waals surface area contributed by atoms with Crippen LogP contribution in [0.15, 0.2) is 45.3 Å². The monoisotopic (exact) mass is 329 g/mol. The van der Waals surface area contributed by atoms with Crippen LogP contribution in [0.5, 0.6) is 0 Å². The first kappa shape index (κ1) is 13.1. The highest BCUT2D eigenvalue weighted by atomic mass is 79.9. The Kier molecular flexibility index (Phi) is 5.03. The van der Waals surface area contributed by atoms with Gasteiger partial charge in [0.05, 0.1) is 11.6 Å². The highest BCUT2D eigenvalue weighted by Gasteiger charge is 2.08. The first-order valence-corrected chi connectivity index (χ1v) is 7.84. The van der Waals surface area contributed by atoms with Crippen LogP contribution in [0.2, 0.25) is 0 Å². The standard InChI is InChI=1S/C12H12BrNOS2/c13-11-3-1-2-4-12(11)16-7-9(15)5-10-6-14-8-17-10/h1-4,6,8-9,15H,5,7H2. The average molecular weight is 330 g/mol. The van der Waals surface area contributed by atoms with Gasteiger partial charge in [-0.25, -0.2) is 0 Å². The number of aliphatic hydroxyl groups excluding tert-OH is 1. The van der Waals surface area contributed by atoms with Crippen molar-refractivity contribution in [3.63, 3.8) is 0 Å². The average Bonchev–Trinajstić information content (AvgIpc) is 2.81. The second kappa shape index (κ2) is 6.54. The summed E-state index contributed by atoms with van der Waals surface area (Å²) in [5.41, 5.74) is 1.79. The Labute approximate surface area is 117 Å². The molecule has 5 heteroatoms. The molecule has 90 valence electrons. The molecular formula is C12H12BrNOS2. The van der Waals surface area contributed by atoms with Crippen LogP contribution >= 0.6 is 39.0 Å². The minimum Gasteiger partial charge on any atom is -0.392 e. The first-order chi connectivity index (χ1) is 8.25. The molecule has 1 aromatic carbocycles. The van der Waals surface area contributed by atoms with E-state index in [1.165, 1.54) is 0 Å². The molecule has 2 rings (SSSR count). The number of rotatable bonds is 5. The van der Waals surface area contributed by atoms with Crippen LogP contribution in [0.1, 0.15) is 4.88 Å². The van der Waals surface area contributed by atoms with Crippen LogP contribution in [0, 0.1) is 0 Å². The highest BCUT2D eigenvalue weighted by Crippen LogP contribution is 2.27. The SMILES string of the molecule is OC(CSc1ccccc1Br)Cc1cncs1. The Morgan fingerprint density at radius 1 is 1.41 bits per heavy atom. The molecule has 0 saturated heterocycles. The molecule has 0 amide bonds. The van der Waals surface area contributed by atoms with Crippen molar-refractivity contribution in [2.24, 2.45) is 0 Å². The van der Waals surface area contributed by atoms with E-state index in [0.29, 0.717) is 12.2 Å². The lowest BCUT2D eigenvalue weighted by molar-refractivity contribution is 0.201. The molecule has 0 aliphatic rings. The van der Waals surface area contributed by atoms with E-state index in [-0.39, 0.29) is 6.10 Å². The third-order valence-corrected chi connectivity index (χ3v) is 5.16. The zero-order valence-electron chi connectivity index (χ0n) is 9.04. The van der Waals surface area contributed by atoms with Gasteiger partial charge in [0.1, 0.15) is 0 Å². The van der Waals surface area contributed by atoms with Crippen molar-refractivity contribution in [2.45, 2.75) is 17.4 Å². The summed E-state index contributed by atoms with van der Waals surface area (Å²) in [6.07, 6.45) is 2.17. The molecule has 0 bridgehead atoms. The topological polar surface area (TPSA) is 33.1 Å². The molecule has 2 nitrogen and oxygen atoms in total. The maximum atomic E-state index is 9.92. The van der Waals surface area contributed by atoms with E-state index >= 15 is 0 Å². The van der Waals surface area contributed by atoms with E-state index in [2.05, 4.69) is 20.9 Å². The Morgan fingerprint density at radius 2 is 2.24 bits per heavy atom. The van der Waals surface area contributed by atoms with E-state index < -0.39 is 0 Å². The van der Waals surface area contributed by atoms with Crippen molar-refractivity contribution in [3.8, 4) is 0 Å². The summed E-state index contributed by atoms with van der Waals surface area (Å²) in [5, 5.41) is 9.92. The van der Waals surface area contributed by atoms with Crippen LogP contribution in [-0.2, 0) is 6.42 Å². The third-order valence-electron chi connectivity index (χ3n) is 2.19. The van der Waals surface area contributed by atoms with Gasteiger partial charge in [-0.2, -0.15) is 0 Å². The summed E-state index contributed by atoms with van der Waals surface area (Å²) in [6.45, 7) is 0. The van der Waals surface area contributed by atoms with Crippen LogP contribution in [0.3, 0.4) is 0 Å². The molecule has 1 aromatic heterocycles. The van der Waals surface area contributed by atoms with Gasteiger partial charge in [0.15, 0.2) is 0 Å².